The van der Waals surface area contributed by atoms with E-state index in [0.717, 1.165) is 18.7 Å². The van der Waals surface area contributed by atoms with Crippen molar-refractivity contribution in [1.82, 2.24) is 10.2 Å². The number of nitrogens with zero attached hydrogens (tertiary/aromatic N) is 1. The predicted molar refractivity (Wildman–Crippen MR) is 59.5 cm³/mol. The minimum absolute atomic E-state index is 0.00514. The fourth-order valence-corrected chi connectivity index (χ4v) is 1.30. The molecule has 1 fully saturated rings. The summed E-state index contributed by atoms with van der Waals surface area (Å²) >= 11 is 0. The lowest BCUT2D eigenvalue weighted by Gasteiger charge is -2.35. The maximum Gasteiger partial charge on any atom is 0.249 e. The Morgan fingerprint density at radius 3 is 2.40 bits per heavy atom. The molecule has 4 heteroatoms. The number of carbonyl (C=O) groups is 1. The van der Waals surface area contributed by atoms with Crippen molar-refractivity contribution in [2.75, 3.05) is 26.7 Å². The standard InChI is InChI=1S/C11H20N2O2/c1-8(9-5-12-6-9)10(15)13(4)11(2,3)7-14/h12,14H,5-7H2,1-4H3. The third-order valence-electron chi connectivity index (χ3n) is 3.13. The number of rotatable bonds is 3. The first kappa shape index (κ1) is 12.2. The second kappa shape index (κ2) is 4.33. The van der Waals surface area contributed by atoms with Crippen LogP contribution in [0.5, 0.6) is 0 Å². The van der Waals surface area contributed by atoms with Gasteiger partial charge in [0.25, 0.3) is 0 Å². The summed E-state index contributed by atoms with van der Waals surface area (Å²) in [4.78, 5) is 13.6. The van der Waals surface area contributed by atoms with Gasteiger partial charge < -0.3 is 15.3 Å². The van der Waals surface area contributed by atoms with Gasteiger partial charge in [-0.15, -0.1) is 0 Å². The fraction of sp³-hybridized carbons (Fsp3) is 0.727. The lowest BCUT2D eigenvalue weighted by atomic mass is 10.00. The van der Waals surface area contributed by atoms with Crippen molar-refractivity contribution in [3.8, 4) is 0 Å². The van der Waals surface area contributed by atoms with Crippen molar-refractivity contribution < 1.29 is 9.90 Å². The first-order valence-corrected chi connectivity index (χ1v) is 5.18. The lowest BCUT2D eigenvalue weighted by Crippen LogP contribution is -2.49. The molecule has 0 bridgehead atoms. The number of nitrogens with one attached hydrogen (secondary N) is 1. The molecule has 0 unspecified atom stereocenters. The maximum absolute atomic E-state index is 12.0. The molecule has 0 spiro atoms. The predicted octanol–water partition coefficient (Wildman–Crippen LogP) is 0.135. The van der Waals surface area contributed by atoms with E-state index >= 15 is 0 Å². The fourth-order valence-electron chi connectivity index (χ4n) is 1.30. The highest BCUT2D eigenvalue weighted by Gasteiger charge is 2.29. The molecular formula is C11H20N2O2. The molecule has 0 aromatic heterocycles. The van der Waals surface area contributed by atoms with Crippen molar-refractivity contribution in [3.63, 3.8) is 0 Å². The summed E-state index contributed by atoms with van der Waals surface area (Å²) in [6, 6.07) is 0. The number of amides is 1. The van der Waals surface area contributed by atoms with E-state index in [0.29, 0.717) is 0 Å². The highest BCUT2D eigenvalue weighted by Crippen LogP contribution is 2.17. The van der Waals surface area contributed by atoms with Gasteiger partial charge in [0.1, 0.15) is 0 Å². The normalized spacial score (nSPS) is 15.9. The van der Waals surface area contributed by atoms with Crippen LogP contribution in [-0.4, -0.2) is 48.2 Å². The van der Waals surface area contributed by atoms with Gasteiger partial charge in [0.2, 0.25) is 5.91 Å². The number of aliphatic hydroxyl groups excluding tert-OH is 1. The van der Waals surface area contributed by atoms with Crippen LogP contribution in [0.2, 0.25) is 0 Å². The Morgan fingerprint density at radius 2 is 2.07 bits per heavy atom. The van der Waals surface area contributed by atoms with Gasteiger partial charge in [-0.1, -0.05) is 0 Å². The van der Waals surface area contributed by atoms with E-state index in [-0.39, 0.29) is 12.5 Å². The molecule has 1 heterocycles. The quantitative estimate of drug-likeness (QED) is 0.654. The molecule has 0 aromatic carbocycles. The first-order chi connectivity index (χ1) is 6.90. The number of hydrogen-bond acceptors (Lipinski definition) is 3. The van der Waals surface area contributed by atoms with Gasteiger partial charge in [-0.25, -0.2) is 0 Å². The van der Waals surface area contributed by atoms with Crippen molar-refractivity contribution in [3.05, 3.63) is 11.1 Å². The van der Waals surface area contributed by atoms with E-state index < -0.39 is 5.54 Å². The molecule has 1 amide bonds. The zero-order chi connectivity index (χ0) is 11.6. The molecule has 86 valence electrons. The number of likely N-dealkylation sites (N-methyl/N-ethyl adjacent to an activating group) is 1. The Kier molecular flexibility index (Phi) is 3.52. The van der Waals surface area contributed by atoms with E-state index in [9.17, 15) is 9.90 Å². The van der Waals surface area contributed by atoms with Gasteiger partial charge in [-0.05, 0) is 26.3 Å². The van der Waals surface area contributed by atoms with Crippen LogP contribution in [0.25, 0.3) is 0 Å². The van der Waals surface area contributed by atoms with Crippen LogP contribution in [-0.2, 0) is 4.79 Å². The molecule has 0 aromatic rings. The zero-order valence-corrected chi connectivity index (χ0v) is 9.92. The van der Waals surface area contributed by atoms with Crippen LogP contribution in [0.15, 0.2) is 11.1 Å². The average Bonchev–Trinajstić information content (AvgIpc) is 2.12. The summed E-state index contributed by atoms with van der Waals surface area (Å²) < 4.78 is 0. The van der Waals surface area contributed by atoms with Crippen molar-refractivity contribution >= 4 is 5.91 Å². The van der Waals surface area contributed by atoms with Gasteiger partial charge in [-0.2, -0.15) is 0 Å². The number of hydrogen-bond donors (Lipinski definition) is 2. The summed E-state index contributed by atoms with van der Waals surface area (Å²) in [6.07, 6.45) is 0. The van der Waals surface area contributed by atoms with Crippen molar-refractivity contribution in [2.45, 2.75) is 26.3 Å². The van der Waals surface area contributed by atoms with Crippen LogP contribution < -0.4 is 5.32 Å². The van der Waals surface area contributed by atoms with E-state index in [1.54, 1.807) is 11.9 Å². The van der Waals surface area contributed by atoms with Crippen molar-refractivity contribution in [2.24, 2.45) is 0 Å². The van der Waals surface area contributed by atoms with E-state index in [2.05, 4.69) is 5.32 Å². The summed E-state index contributed by atoms with van der Waals surface area (Å²) in [6.45, 7) is 7.14. The molecule has 1 aliphatic rings. The Labute approximate surface area is 91.0 Å². The Morgan fingerprint density at radius 1 is 1.53 bits per heavy atom. The molecular weight excluding hydrogens is 192 g/mol. The summed E-state index contributed by atoms with van der Waals surface area (Å²) in [5.41, 5.74) is 1.47. The number of carbonyl (C=O) groups excluding carboxylic acids is 1. The minimum atomic E-state index is -0.504. The zero-order valence-electron chi connectivity index (χ0n) is 9.92. The van der Waals surface area contributed by atoms with E-state index in [1.807, 2.05) is 20.8 Å². The largest absolute Gasteiger partial charge is 0.394 e. The molecule has 1 aliphatic heterocycles. The molecule has 15 heavy (non-hydrogen) atoms. The first-order valence-electron chi connectivity index (χ1n) is 5.18. The molecule has 1 saturated heterocycles. The van der Waals surface area contributed by atoms with E-state index in [1.165, 1.54) is 5.57 Å². The van der Waals surface area contributed by atoms with Gasteiger partial charge in [0.15, 0.2) is 0 Å². The minimum Gasteiger partial charge on any atom is -0.394 e. The van der Waals surface area contributed by atoms with Crippen LogP contribution in [0, 0.1) is 0 Å². The lowest BCUT2D eigenvalue weighted by molar-refractivity contribution is -0.131. The molecule has 0 saturated carbocycles. The highest BCUT2D eigenvalue weighted by atomic mass is 16.3. The molecule has 0 atom stereocenters. The summed E-state index contributed by atoms with van der Waals surface area (Å²) in [5, 5.41) is 12.3. The second-order valence-electron chi connectivity index (χ2n) is 4.67. The van der Waals surface area contributed by atoms with Gasteiger partial charge in [0.05, 0.1) is 12.1 Å². The molecule has 0 radical (unpaired) electrons. The average molecular weight is 212 g/mol. The Balaban J connectivity index is 2.76. The second-order valence-corrected chi connectivity index (χ2v) is 4.67. The maximum atomic E-state index is 12.0. The van der Waals surface area contributed by atoms with Gasteiger partial charge >= 0.3 is 0 Å². The smallest absolute Gasteiger partial charge is 0.249 e. The van der Waals surface area contributed by atoms with Gasteiger partial charge in [-0.3, -0.25) is 4.79 Å². The molecule has 0 aliphatic carbocycles. The summed E-state index contributed by atoms with van der Waals surface area (Å²) in [7, 11) is 1.73. The monoisotopic (exact) mass is 212 g/mol. The van der Waals surface area contributed by atoms with Crippen LogP contribution >= 0.6 is 0 Å². The topological polar surface area (TPSA) is 52.6 Å². The van der Waals surface area contributed by atoms with Crippen molar-refractivity contribution in [1.29, 1.82) is 0 Å². The van der Waals surface area contributed by atoms with Crippen LogP contribution in [0.3, 0.4) is 0 Å². The Bertz CT molecular complexity index is 289. The number of aliphatic hydroxyl groups is 1. The van der Waals surface area contributed by atoms with Crippen LogP contribution in [0.1, 0.15) is 20.8 Å². The highest BCUT2D eigenvalue weighted by molar-refractivity contribution is 5.94. The SMILES string of the molecule is CC(C(=O)N(C)C(C)(C)CO)=C1CNC1. The molecule has 4 nitrogen and oxygen atoms in total. The summed E-state index contributed by atoms with van der Waals surface area (Å²) in [5.74, 6) is 0.00514. The van der Waals surface area contributed by atoms with E-state index in [4.69, 9.17) is 0 Å². The van der Waals surface area contributed by atoms with Crippen LogP contribution in [0.4, 0.5) is 0 Å². The Hall–Kier alpha value is -0.870. The third kappa shape index (κ3) is 2.38. The molecule has 1 rings (SSSR count). The molecule has 2 N–H and O–H groups in total. The third-order valence-corrected chi connectivity index (χ3v) is 3.13. The van der Waals surface area contributed by atoms with Gasteiger partial charge in [0, 0.05) is 25.7 Å².